The molecule has 5 heteroatoms. The molecular weight excluding hydrogens is 260 g/mol. The maximum Gasteiger partial charge on any atom is 0.356 e. The van der Waals surface area contributed by atoms with Crippen molar-refractivity contribution in [1.29, 1.82) is 0 Å². The molecule has 100 valence electrons. The fourth-order valence-electron chi connectivity index (χ4n) is 2.05. The van der Waals surface area contributed by atoms with Gasteiger partial charge in [-0.15, -0.1) is 0 Å². The summed E-state index contributed by atoms with van der Waals surface area (Å²) in [6.07, 6.45) is 0.635. The Hall–Kier alpha value is -1.88. The molecule has 0 bridgehead atoms. The molecule has 2 aromatic rings. The van der Waals surface area contributed by atoms with Crippen LogP contribution in [0, 0.1) is 11.7 Å². The van der Waals surface area contributed by atoms with E-state index < -0.39 is 5.97 Å². The van der Waals surface area contributed by atoms with E-state index in [1.165, 1.54) is 12.7 Å². The van der Waals surface area contributed by atoms with Crippen LogP contribution in [0.4, 0.5) is 0 Å². The van der Waals surface area contributed by atoms with Crippen molar-refractivity contribution in [1.82, 2.24) is 9.55 Å². The van der Waals surface area contributed by atoms with E-state index in [0.29, 0.717) is 16.9 Å². The lowest BCUT2D eigenvalue weighted by Crippen LogP contribution is -2.08. The summed E-state index contributed by atoms with van der Waals surface area (Å²) in [7, 11) is 3.21. The van der Waals surface area contributed by atoms with Crippen molar-refractivity contribution in [2.75, 3.05) is 7.11 Å². The first-order valence-electron chi connectivity index (χ1n) is 5.94. The molecule has 0 radical (unpaired) electrons. The summed E-state index contributed by atoms with van der Waals surface area (Å²) in [5.74, 6) is -0.394. The minimum absolute atomic E-state index is 0.394. The monoisotopic (exact) mass is 276 g/mol. The van der Waals surface area contributed by atoms with Gasteiger partial charge in [0.15, 0.2) is 4.77 Å². The van der Waals surface area contributed by atoms with Gasteiger partial charge in [-0.3, -0.25) is 0 Å². The van der Waals surface area contributed by atoms with Gasteiger partial charge in [-0.1, -0.05) is 29.8 Å². The molecule has 0 saturated carbocycles. The second-order valence-electron chi connectivity index (χ2n) is 4.47. The zero-order valence-electron chi connectivity index (χ0n) is 11.2. The molecule has 0 atom stereocenters. The lowest BCUT2D eigenvalue weighted by atomic mass is 10.1. The van der Waals surface area contributed by atoms with E-state index in [1.54, 1.807) is 0 Å². The Morgan fingerprint density at radius 2 is 2.21 bits per heavy atom. The van der Waals surface area contributed by atoms with E-state index in [2.05, 4.69) is 11.1 Å². The minimum atomic E-state index is -0.394. The van der Waals surface area contributed by atoms with Crippen LogP contribution >= 0.6 is 12.2 Å². The molecule has 1 aromatic carbocycles. The Morgan fingerprint density at radius 3 is 2.84 bits per heavy atom. The first-order chi connectivity index (χ1) is 9.02. The van der Waals surface area contributed by atoms with Gasteiger partial charge in [-0.25, -0.2) is 4.79 Å². The van der Waals surface area contributed by atoms with Crippen LogP contribution < -0.4 is 0 Å². The normalized spacial score (nSPS) is 10.5. The van der Waals surface area contributed by atoms with E-state index in [0.717, 1.165) is 11.3 Å². The lowest BCUT2D eigenvalue weighted by molar-refractivity contribution is 0.0593. The first kappa shape index (κ1) is 13.5. The van der Waals surface area contributed by atoms with Crippen LogP contribution in [0.2, 0.25) is 0 Å². The predicted octanol–water partition coefficient (Wildman–Crippen LogP) is 2.77. The molecule has 0 unspecified atom stereocenters. The van der Waals surface area contributed by atoms with Crippen molar-refractivity contribution in [3.05, 3.63) is 51.6 Å². The summed E-state index contributed by atoms with van der Waals surface area (Å²) in [5, 5.41) is 0. The molecule has 1 N–H and O–H groups in total. The number of aromatic amines is 1. The molecule has 2 rings (SSSR count). The third kappa shape index (κ3) is 2.76. The van der Waals surface area contributed by atoms with Crippen molar-refractivity contribution < 1.29 is 9.53 Å². The molecule has 0 saturated heterocycles. The van der Waals surface area contributed by atoms with Crippen molar-refractivity contribution >= 4 is 18.2 Å². The Balaban J connectivity index is 2.44. The number of carbonyl (C=O) groups excluding carboxylic acids is 1. The van der Waals surface area contributed by atoms with Gasteiger partial charge >= 0.3 is 5.97 Å². The molecule has 0 aliphatic rings. The summed E-state index contributed by atoms with van der Waals surface area (Å²) in [4.78, 5) is 14.6. The summed E-state index contributed by atoms with van der Waals surface area (Å²) < 4.78 is 7.10. The van der Waals surface area contributed by atoms with Gasteiger partial charge in [-0.05, 0) is 24.7 Å². The van der Waals surface area contributed by atoms with E-state index >= 15 is 0 Å². The number of methoxy groups -OCH3 is 1. The second-order valence-corrected chi connectivity index (χ2v) is 4.85. The van der Waals surface area contributed by atoms with Crippen molar-refractivity contribution in [2.45, 2.75) is 13.3 Å². The fourth-order valence-corrected chi connectivity index (χ4v) is 2.26. The summed E-state index contributed by atoms with van der Waals surface area (Å²) in [5.41, 5.74) is 3.59. The summed E-state index contributed by atoms with van der Waals surface area (Å²) >= 11 is 5.17. The highest BCUT2D eigenvalue weighted by molar-refractivity contribution is 7.71. The molecule has 0 aliphatic carbocycles. The number of aryl methyl sites for hydroxylation is 1. The van der Waals surface area contributed by atoms with Gasteiger partial charge in [0, 0.05) is 13.5 Å². The number of hydrogen-bond donors (Lipinski definition) is 1. The van der Waals surface area contributed by atoms with Gasteiger partial charge in [0.25, 0.3) is 0 Å². The van der Waals surface area contributed by atoms with Gasteiger partial charge in [0.2, 0.25) is 0 Å². The Bertz CT molecular complexity index is 670. The molecule has 1 heterocycles. The average molecular weight is 276 g/mol. The number of nitrogens with zero attached hydrogens (tertiary/aromatic N) is 1. The van der Waals surface area contributed by atoms with Gasteiger partial charge in [0.05, 0.1) is 12.8 Å². The standard InChI is InChI=1S/C14H16N2O2S/c1-9-5-4-6-10(7-9)8-11-12(13(17)18-3)15-14(19)16(11)2/h4-7H,8H2,1-3H3,(H,15,19). The number of benzene rings is 1. The van der Waals surface area contributed by atoms with Crippen LogP contribution in [0.25, 0.3) is 0 Å². The number of H-pyrrole nitrogens is 1. The summed E-state index contributed by atoms with van der Waals surface area (Å²) in [6, 6.07) is 8.17. The smallest absolute Gasteiger partial charge is 0.356 e. The van der Waals surface area contributed by atoms with Gasteiger partial charge in [-0.2, -0.15) is 0 Å². The van der Waals surface area contributed by atoms with Crippen LogP contribution in [0.1, 0.15) is 27.3 Å². The lowest BCUT2D eigenvalue weighted by Gasteiger charge is -2.06. The third-order valence-electron chi connectivity index (χ3n) is 3.07. The van der Waals surface area contributed by atoms with Crippen LogP contribution in [0.5, 0.6) is 0 Å². The number of rotatable bonds is 3. The Morgan fingerprint density at radius 1 is 1.47 bits per heavy atom. The highest BCUT2D eigenvalue weighted by atomic mass is 32.1. The minimum Gasteiger partial charge on any atom is -0.464 e. The predicted molar refractivity (Wildman–Crippen MR) is 75.9 cm³/mol. The van der Waals surface area contributed by atoms with E-state index in [4.69, 9.17) is 17.0 Å². The molecule has 1 aromatic heterocycles. The topological polar surface area (TPSA) is 47.0 Å². The zero-order chi connectivity index (χ0) is 14.0. The van der Waals surface area contributed by atoms with E-state index in [-0.39, 0.29) is 0 Å². The maximum absolute atomic E-state index is 11.7. The van der Waals surface area contributed by atoms with E-state index in [9.17, 15) is 4.79 Å². The number of hydrogen-bond acceptors (Lipinski definition) is 3. The summed E-state index contributed by atoms with van der Waals surface area (Å²) in [6.45, 7) is 2.04. The molecule has 0 amide bonds. The van der Waals surface area contributed by atoms with Crippen LogP contribution in [-0.4, -0.2) is 22.6 Å². The van der Waals surface area contributed by atoms with Crippen molar-refractivity contribution in [2.24, 2.45) is 7.05 Å². The zero-order valence-corrected chi connectivity index (χ0v) is 12.0. The molecule has 0 fully saturated rings. The van der Waals surface area contributed by atoms with Gasteiger partial charge in [0.1, 0.15) is 5.69 Å². The molecule has 0 aliphatic heterocycles. The van der Waals surface area contributed by atoms with Crippen LogP contribution in [0.15, 0.2) is 24.3 Å². The average Bonchev–Trinajstić information content (AvgIpc) is 2.66. The fraction of sp³-hybridized carbons (Fsp3) is 0.286. The number of ether oxygens (including phenoxy) is 1. The largest absolute Gasteiger partial charge is 0.464 e. The number of aromatic nitrogens is 2. The third-order valence-corrected chi connectivity index (χ3v) is 3.45. The van der Waals surface area contributed by atoms with Crippen LogP contribution in [-0.2, 0) is 18.2 Å². The van der Waals surface area contributed by atoms with Gasteiger partial charge < -0.3 is 14.3 Å². The first-order valence-corrected chi connectivity index (χ1v) is 6.35. The number of imidazole rings is 1. The number of nitrogens with one attached hydrogen (secondary N) is 1. The number of carbonyl (C=O) groups is 1. The Labute approximate surface area is 117 Å². The SMILES string of the molecule is COC(=O)c1[nH]c(=S)n(C)c1Cc1cccc(C)c1. The van der Waals surface area contributed by atoms with E-state index in [1.807, 2.05) is 36.7 Å². The molecule has 0 spiro atoms. The van der Waals surface area contributed by atoms with Crippen molar-refractivity contribution in [3.8, 4) is 0 Å². The van der Waals surface area contributed by atoms with Crippen LogP contribution in [0.3, 0.4) is 0 Å². The Kier molecular flexibility index (Phi) is 3.85. The molecule has 19 heavy (non-hydrogen) atoms. The highest BCUT2D eigenvalue weighted by Crippen LogP contribution is 2.16. The molecule has 4 nitrogen and oxygen atoms in total. The maximum atomic E-state index is 11.7. The quantitative estimate of drug-likeness (QED) is 0.692. The molecular formula is C14H16N2O2S. The highest BCUT2D eigenvalue weighted by Gasteiger charge is 2.17. The number of esters is 1. The second kappa shape index (κ2) is 5.40. The van der Waals surface area contributed by atoms with Crippen molar-refractivity contribution in [3.63, 3.8) is 0 Å².